The molecule has 0 spiro atoms. The molecule has 0 unspecified atom stereocenters. The predicted octanol–water partition coefficient (Wildman–Crippen LogP) is 6.32. The van der Waals surface area contributed by atoms with Crippen molar-refractivity contribution in [1.82, 2.24) is 65.3 Å². The Morgan fingerprint density at radius 2 is 0.723 bits per heavy atom. The zero-order chi connectivity index (χ0) is 44.4. The fourth-order valence-corrected chi connectivity index (χ4v) is 8.19. The number of nitrogens with one attached hydrogen (secondary N) is 1. The maximum absolute atomic E-state index is 13.3. The van der Waals surface area contributed by atoms with Crippen LogP contribution in [0.5, 0.6) is 0 Å². The Morgan fingerprint density at radius 1 is 0.431 bits per heavy atom. The molecule has 4 heterocycles. The minimum atomic E-state index is -0.607. The van der Waals surface area contributed by atoms with Gasteiger partial charge in [0.25, 0.3) is 0 Å². The number of nitrogens with two attached hydrogens (primary N) is 1. The molecule has 326 valence electrons. The standard InChI is InChI=1S/C50H50N14O/c1-52-50(65)49(31-40-25-15-6-16-26-40)64-35-45(56-60-64)48(30-39-23-13-5-14-24-39)63-34-44(55-59-63)47(29-38-21-11-4-12-22-38)62-33-43(54-58-62)46(28-37-19-9-3-10-20-37)61-32-42(53-57-61)41(51)27-36-17-7-2-8-18-36/h2-26,32-35,41,46-49H,27-31,51H2,1H3,(H,52,65)/t41-,46-,47-,48-,49-/m0/s1. The average Bonchev–Trinajstić information content (AvgIpc) is 4.21. The maximum Gasteiger partial charge on any atom is 0.245 e. The number of likely N-dealkylation sites (N-methyl/N-ethyl adjacent to an activating group) is 1. The van der Waals surface area contributed by atoms with Crippen LogP contribution in [0.25, 0.3) is 0 Å². The van der Waals surface area contributed by atoms with Gasteiger partial charge in [0.15, 0.2) is 0 Å². The van der Waals surface area contributed by atoms with Crippen LogP contribution in [0, 0.1) is 0 Å². The smallest absolute Gasteiger partial charge is 0.245 e. The Hall–Kier alpha value is -7.91. The van der Waals surface area contributed by atoms with Crippen LogP contribution < -0.4 is 11.1 Å². The molecule has 0 radical (unpaired) electrons. The molecule has 9 rings (SSSR count). The van der Waals surface area contributed by atoms with E-state index in [4.69, 9.17) is 26.4 Å². The Labute approximate surface area is 377 Å². The van der Waals surface area contributed by atoms with Crippen LogP contribution >= 0.6 is 0 Å². The van der Waals surface area contributed by atoms with E-state index in [2.05, 4.69) is 74.5 Å². The zero-order valence-electron chi connectivity index (χ0n) is 36.0. The summed E-state index contributed by atoms with van der Waals surface area (Å²) in [6, 6.07) is 48.7. The molecule has 0 fully saturated rings. The minimum absolute atomic E-state index is 0.161. The molecule has 65 heavy (non-hydrogen) atoms. The number of carbonyl (C=O) groups is 1. The number of aromatic nitrogens is 12. The van der Waals surface area contributed by atoms with E-state index in [-0.39, 0.29) is 24.0 Å². The quantitative estimate of drug-likeness (QED) is 0.0935. The normalized spacial score (nSPS) is 13.8. The van der Waals surface area contributed by atoms with E-state index in [0.717, 1.165) is 27.8 Å². The highest BCUT2D eigenvalue weighted by atomic mass is 16.2. The van der Waals surface area contributed by atoms with Crippen molar-refractivity contribution in [3.8, 4) is 0 Å². The molecule has 0 saturated carbocycles. The highest BCUT2D eigenvalue weighted by Gasteiger charge is 2.29. The van der Waals surface area contributed by atoms with Crippen LogP contribution in [-0.4, -0.2) is 72.9 Å². The van der Waals surface area contributed by atoms with E-state index >= 15 is 0 Å². The van der Waals surface area contributed by atoms with Crippen molar-refractivity contribution in [1.29, 1.82) is 0 Å². The molecule has 9 aromatic rings. The summed E-state index contributed by atoms with van der Waals surface area (Å²) in [5.74, 6) is -0.161. The van der Waals surface area contributed by atoms with E-state index in [1.54, 1.807) is 11.7 Å². The van der Waals surface area contributed by atoms with Crippen LogP contribution in [0.2, 0.25) is 0 Å². The van der Waals surface area contributed by atoms with Crippen molar-refractivity contribution in [3.63, 3.8) is 0 Å². The van der Waals surface area contributed by atoms with Crippen molar-refractivity contribution in [2.75, 3.05) is 7.05 Å². The lowest BCUT2D eigenvalue weighted by Crippen LogP contribution is -2.31. The van der Waals surface area contributed by atoms with Crippen molar-refractivity contribution < 1.29 is 4.79 Å². The highest BCUT2D eigenvalue weighted by molar-refractivity contribution is 5.80. The molecule has 4 aromatic heterocycles. The van der Waals surface area contributed by atoms with Gasteiger partial charge in [0.1, 0.15) is 41.2 Å². The second-order valence-corrected chi connectivity index (χ2v) is 16.2. The third kappa shape index (κ3) is 10.3. The minimum Gasteiger partial charge on any atom is -0.357 e. The van der Waals surface area contributed by atoms with Gasteiger partial charge in [-0.2, -0.15) is 0 Å². The Bertz CT molecular complexity index is 2860. The highest BCUT2D eigenvalue weighted by Crippen LogP contribution is 2.29. The van der Waals surface area contributed by atoms with Gasteiger partial charge in [-0.05, 0) is 34.2 Å². The largest absolute Gasteiger partial charge is 0.357 e. The Morgan fingerprint density at radius 3 is 1.09 bits per heavy atom. The lowest BCUT2D eigenvalue weighted by atomic mass is 10.0. The second kappa shape index (κ2) is 20.1. The summed E-state index contributed by atoms with van der Waals surface area (Å²) in [6.45, 7) is 0. The maximum atomic E-state index is 13.3. The van der Waals surface area contributed by atoms with E-state index in [0.29, 0.717) is 54.9 Å². The average molecular weight is 863 g/mol. The van der Waals surface area contributed by atoms with Gasteiger partial charge in [0.05, 0.1) is 36.5 Å². The molecule has 0 bridgehead atoms. The molecular weight excluding hydrogens is 813 g/mol. The molecule has 15 heteroatoms. The van der Waals surface area contributed by atoms with Crippen molar-refractivity contribution in [3.05, 3.63) is 227 Å². The first-order valence-electron chi connectivity index (χ1n) is 21.8. The topological polar surface area (TPSA) is 178 Å². The lowest BCUT2D eigenvalue weighted by Gasteiger charge is -2.17. The molecule has 15 nitrogen and oxygen atoms in total. The van der Waals surface area contributed by atoms with Gasteiger partial charge in [-0.1, -0.05) is 173 Å². The molecule has 5 atom stereocenters. The summed E-state index contributed by atoms with van der Waals surface area (Å²) in [7, 11) is 1.63. The molecule has 0 saturated heterocycles. The van der Waals surface area contributed by atoms with E-state index in [9.17, 15) is 4.79 Å². The van der Waals surface area contributed by atoms with Crippen LogP contribution in [0.1, 0.15) is 80.8 Å². The monoisotopic (exact) mass is 862 g/mol. The van der Waals surface area contributed by atoms with E-state index < -0.39 is 12.1 Å². The predicted molar refractivity (Wildman–Crippen MR) is 245 cm³/mol. The van der Waals surface area contributed by atoms with Gasteiger partial charge in [-0.3, -0.25) is 4.79 Å². The van der Waals surface area contributed by atoms with Gasteiger partial charge in [-0.25, -0.2) is 18.7 Å². The third-order valence-corrected chi connectivity index (χ3v) is 11.7. The Kier molecular flexibility index (Phi) is 13.1. The number of nitrogens with zero attached hydrogens (tertiary/aromatic N) is 12. The van der Waals surface area contributed by atoms with Gasteiger partial charge >= 0.3 is 0 Å². The van der Waals surface area contributed by atoms with E-state index in [1.807, 2.05) is 142 Å². The van der Waals surface area contributed by atoms with Crippen molar-refractivity contribution >= 4 is 5.91 Å². The summed E-state index contributed by atoms with van der Waals surface area (Å²) in [6.07, 6.45) is 10.5. The Balaban J connectivity index is 1.05. The molecular formula is C50H50N14O. The van der Waals surface area contributed by atoms with E-state index in [1.165, 1.54) is 0 Å². The fourth-order valence-electron chi connectivity index (χ4n) is 8.19. The molecule has 0 aliphatic rings. The second-order valence-electron chi connectivity index (χ2n) is 16.2. The fraction of sp³-hybridized carbons (Fsp3) is 0.220. The first-order chi connectivity index (χ1) is 32.0. The number of carbonyl (C=O) groups excluding carboxylic acids is 1. The number of amides is 1. The first-order valence-corrected chi connectivity index (χ1v) is 21.8. The molecule has 3 N–H and O–H groups in total. The summed E-state index contributed by atoms with van der Waals surface area (Å²) in [5, 5.41) is 40.3. The summed E-state index contributed by atoms with van der Waals surface area (Å²) < 4.78 is 7.20. The number of rotatable bonds is 19. The molecule has 1 amide bonds. The molecule has 0 aliphatic heterocycles. The van der Waals surface area contributed by atoms with Crippen LogP contribution in [0.3, 0.4) is 0 Å². The molecule has 0 aliphatic carbocycles. The van der Waals surface area contributed by atoms with Crippen LogP contribution in [0.4, 0.5) is 0 Å². The van der Waals surface area contributed by atoms with Crippen molar-refractivity contribution in [2.24, 2.45) is 5.73 Å². The third-order valence-electron chi connectivity index (χ3n) is 11.7. The zero-order valence-corrected chi connectivity index (χ0v) is 36.0. The number of hydrogen-bond acceptors (Lipinski definition) is 10. The van der Waals surface area contributed by atoms with Gasteiger partial charge < -0.3 is 11.1 Å². The van der Waals surface area contributed by atoms with Gasteiger partial charge in [0.2, 0.25) is 5.91 Å². The summed E-state index contributed by atoms with van der Waals surface area (Å²) >= 11 is 0. The van der Waals surface area contributed by atoms with Gasteiger partial charge in [0, 0.05) is 32.7 Å². The SMILES string of the molecule is CNC(=O)[C@H](Cc1ccccc1)n1cc([C@H](Cc2ccccc2)n2cc([C@H](Cc3ccccc3)n3cc([C@H](Cc4ccccc4)n4cc([C@@H](N)Cc5ccccc5)nn4)nn3)nn2)nn1. The van der Waals surface area contributed by atoms with Crippen LogP contribution in [-0.2, 0) is 36.9 Å². The summed E-state index contributed by atoms with van der Waals surface area (Å²) in [4.78, 5) is 13.3. The van der Waals surface area contributed by atoms with Gasteiger partial charge in [-0.15, -0.1) is 20.4 Å². The molecule has 5 aromatic carbocycles. The van der Waals surface area contributed by atoms with Crippen molar-refractivity contribution in [2.45, 2.75) is 62.3 Å². The number of hydrogen-bond donors (Lipinski definition) is 2. The number of benzene rings is 5. The lowest BCUT2D eigenvalue weighted by molar-refractivity contribution is -0.124. The summed E-state index contributed by atoms with van der Waals surface area (Å²) in [5.41, 5.74) is 14.9. The first kappa shape index (κ1) is 42.4. The van der Waals surface area contributed by atoms with Crippen LogP contribution in [0.15, 0.2) is 176 Å².